The maximum atomic E-state index is 3.81. The Balaban J connectivity index is 2.01. The Morgan fingerprint density at radius 1 is 1.06 bits per heavy atom. The molecular formula is C15H29N. The van der Waals surface area contributed by atoms with Crippen molar-refractivity contribution in [2.45, 2.75) is 65.3 Å². The predicted octanol–water partition coefficient (Wildman–Crippen LogP) is 3.84. The molecule has 0 heterocycles. The number of fused-ring (bicyclic) bond motifs is 2. The van der Waals surface area contributed by atoms with Gasteiger partial charge in [0.05, 0.1) is 0 Å². The van der Waals surface area contributed by atoms with Crippen molar-refractivity contribution in [1.82, 2.24) is 5.32 Å². The van der Waals surface area contributed by atoms with E-state index in [-0.39, 0.29) is 0 Å². The largest absolute Gasteiger partial charge is 0.314 e. The maximum Gasteiger partial charge on any atom is 0.0126 e. The first-order valence-electron chi connectivity index (χ1n) is 7.53. The summed E-state index contributed by atoms with van der Waals surface area (Å²) >= 11 is 0. The monoisotopic (exact) mass is 223 g/mol. The SMILES string of the molecule is CCNC(C(CC)CC)C1CC2CCC1C2. The molecule has 0 aromatic rings. The molecule has 2 bridgehead atoms. The number of nitrogens with one attached hydrogen (secondary N) is 1. The lowest BCUT2D eigenvalue weighted by Gasteiger charge is -2.36. The van der Waals surface area contributed by atoms with Crippen LogP contribution >= 0.6 is 0 Å². The summed E-state index contributed by atoms with van der Waals surface area (Å²) in [6.45, 7) is 8.15. The summed E-state index contributed by atoms with van der Waals surface area (Å²) in [6, 6.07) is 0.815. The molecule has 0 aromatic carbocycles. The van der Waals surface area contributed by atoms with E-state index >= 15 is 0 Å². The summed E-state index contributed by atoms with van der Waals surface area (Å²) in [5.74, 6) is 4.06. The minimum absolute atomic E-state index is 0.815. The topological polar surface area (TPSA) is 12.0 Å². The third-order valence-corrected chi connectivity index (χ3v) is 5.25. The molecule has 0 aromatic heterocycles. The molecule has 2 aliphatic rings. The standard InChI is InChI=1S/C15H29N/c1-4-12(5-2)15(16-6-3)14-10-11-7-8-13(14)9-11/h11-16H,4-10H2,1-3H3. The zero-order valence-corrected chi connectivity index (χ0v) is 11.3. The molecular weight excluding hydrogens is 194 g/mol. The summed E-state index contributed by atoms with van der Waals surface area (Å²) in [4.78, 5) is 0. The fourth-order valence-electron chi connectivity index (χ4n) is 4.43. The van der Waals surface area contributed by atoms with E-state index in [0.29, 0.717) is 0 Å². The zero-order chi connectivity index (χ0) is 11.5. The predicted molar refractivity (Wildman–Crippen MR) is 70.5 cm³/mol. The highest BCUT2D eigenvalue weighted by Gasteiger charge is 2.44. The molecule has 1 heteroatoms. The molecule has 0 radical (unpaired) electrons. The van der Waals surface area contributed by atoms with Gasteiger partial charge >= 0.3 is 0 Å². The van der Waals surface area contributed by atoms with Crippen LogP contribution < -0.4 is 5.32 Å². The van der Waals surface area contributed by atoms with Gasteiger partial charge in [0.2, 0.25) is 0 Å². The molecule has 4 atom stereocenters. The normalized spacial score (nSPS) is 34.9. The van der Waals surface area contributed by atoms with Crippen LogP contribution in [0.15, 0.2) is 0 Å². The van der Waals surface area contributed by atoms with Gasteiger partial charge in [-0.2, -0.15) is 0 Å². The summed E-state index contributed by atoms with van der Waals surface area (Å²) in [7, 11) is 0. The van der Waals surface area contributed by atoms with Gasteiger partial charge in [-0.05, 0) is 49.5 Å². The lowest BCUT2D eigenvalue weighted by atomic mass is 9.76. The Hall–Kier alpha value is -0.0400. The Bertz CT molecular complexity index is 209. The van der Waals surface area contributed by atoms with Crippen molar-refractivity contribution in [3.63, 3.8) is 0 Å². The summed E-state index contributed by atoms with van der Waals surface area (Å²) < 4.78 is 0. The van der Waals surface area contributed by atoms with Crippen LogP contribution in [-0.2, 0) is 0 Å². The third kappa shape index (κ3) is 2.30. The van der Waals surface area contributed by atoms with Crippen LogP contribution in [-0.4, -0.2) is 12.6 Å². The van der Waals surface area contributed by atoms with Crippen LogP contribution in [0, 0.1) is 23.7 Å². The van der Waals surface area contributed by atoms with Gasteiger partial charge in [-0.15, -0.1) is 0 Å². The quantitative estimate of drug-likeness (QED) is 0.721. The van der Waals surface area contributed by atoms with Crippen molar-refractivity contribution in [2.75, 3.05) is 6.54 Å². The van der Waals surface area contributed by atoms with Crippen LogP contribution in [0.4, 0.5) is 0 Å². The minimum atomic E-state index is 0.815. The van der Waals surface area contributed by atoms with E-state index in [4.69, 9.17) is 0 Å². The van der Waals surface area contributed by atoms with E-state index in [0.717, 1.165) is 36.3 Å². The van der Waals surface area contributed by atoms with Crippen LogP contribution in [0.25, 0.3) is 0 Å². The molecule has 2 rings (SSSR count). The summed E-state index contributed by atoms with van der Waals surface area (Å²) in [5.41, 5.74) is 0. The summed E-state index contributed by atoms with van der Waals surface area (Å²) in [6.07, 6.45) is 8.83. The number of hydrogen-bond donors (Lipinski definition) is 1. The van der Waals surface area contributed by atoms with E-state index in [2.05, 4.69) is 26.1 Å². The lowest BCUT2D eigenvalue weighted by Crippen LogP contribution is -2.44. The van der Waals surface area contributed by atoms with E-state index < -0.39 is 0 Å². The van der Waals surface area contributed by atoms with Crippen molar-refractivity contribution < 1.29 is 0 Å². The molecule has 2 saturated carbocycles. The first-order valence-corrected chi connectivity index (χ1v) is 7.53. The molecule has 0 aliphatic heterocycles. The molecule has 0 saturated heterocycles. The highest BCUT2D eigenvalue weighted by molar-refractivity contribution is 4.96. The summed E-state index contributed by atoms with van der Waals surface area (Å²) in [5, 5.41) is 3.81. The first-order chi connectivity index (χ1) is 7.80. The highest BCUT2D eigenvalue weighted by Crippen LogP contribution is 2.50. The van der Waals surface area contributed by atoms with Crippen molar-refractivity contribution in [3.8, 4) is 0 Å². The fourth-order valence-corrected chi connectivity index (χ4v) is 4.43. The van der Waals surface area contributed by atoms with Gasteiger partial charge in [0.1, 0.15) is 0 Å². The number of rotatable bonds is 6. The molecule has 94 valence electrons. The molecule has 0 spiro atoms. The van der Waals surface area contributed by atoms with Crippen molar-refractivity contribution in [3.05, 3.63) is 0 Å². The van der Waals surface area contributed by atoms with Crippen molar-refractivity contribution in [2.24, 2.45) is 23.7 Å². The Morgan fingerprint density at radius 3 is 2.25 bits per heavy atom. The van der Waals surface area contributed by atoms with Gasteiger partial charge in [-0.3, -0.25) is 0 Å². The fraction of sp³-hybridized carbons (Fsp3) is 1.00. The lowest BCUT2D eigenvalue weighted by molar-refractivity contribution is 0.185. The van der Waals surface area contributed by atoms with Gasteiger partial charge in [-0.25, -0.2) is 0 Å². The average molecular weight is 223 g/mol. The average Bonchev–Trinajstić information content (AvgIpc) is 2.91. The zero-order valence-electron chi connectivity index (χ0n) is 11.3. The number of hydrogen-bond acceptors (Lipinski definition) is 1. The van der Waals surface area contributed by atoms with Gasteiger partial charge in [-0.1, -0.05) is 40.0 Å². The van der Waals surface area contributed by atoms with Gasteiger partial charge in [0.25, 0.3) is 0 Å². The Morgan fingerprint density at radius 2 is 1.81 bits per heavy atom. The molecule has 4 unspecified atom stereocenters. The third-order valence-electron chi connectivity index (χ3n) is 5.25. The molecule has 1 nitrogen and oxygen atoms in total. The van der Waals surface area contributed by atoms with E-state index in [9.17, 15) is 0 Å². The Labute approximate surface area is 101 Å². The molecule has 0 amide bonds. The van der Waals surface area contributed by atoms with Crippen LogP contribution in [0.3, 0.4) is 0 Å². The van der Waals surface area contributed by atoms with E-state index in [1.807, 2.05) is 0 Å². The molecule has 1 N–H and O–H groups in total. The van der Waals surface area contributed by atoms with Crippen LogP contribution in [0.2, 0.25) is 0 Å². The molecule has 2 aliphatic carbocycles. The van der Waals surface area contributed by atoms with Crippen LogP contribution in [0.1, 0.15) is 59.3 Å². The molecule has 2 fully saturated rings. The molecule has 16 heavy (non-hydrogen) atoms. The Kier molecular flexibility index (Phi) is 4.29. The second-order valence-electron chi connectivity index (χ2n) is 6.00. The second kappa shape index (κ2) is 5.53. The van der Waals surface area contributed by atoms with Crippen molar-refractivity contribution in [1.29, 1.82) is 0 Å². The van der Waals surface area contributed by atoms with Gasteiger partial charge in [0.15, 0.2) is 0 Å². The second-order valence-corrected chi connectivity index (χ2v) is 6.00. The van der Waals surface area contributed by atoms with Crippen molar-refractivity contribution >= 4 is 0 Å². The smallest absolute Gasteiger partial charge is 0.0126 e. The highest BCUT2D eigenvalue weighted by atomic mass is 14.9. The van der Waals surface area contributed by atoms with Gasteiger partial charge in [0, 0.05) is 6.04 Å². The first kappa shape index (κ1) is 12.4. The maximum absolute atomic E-state index is 3.81. The van der Waals surface area contributed by atoms with E-state index in [1.54, 1.807) is 6.42 Å². The van der Waals surface area contributed by atoms with Gasteiger partial charge < -0.3 is 5.32 Å². The van der Waals surface area contributed by atoms with E-state index in [1.165, 1.54) is 32.1 Å². The minimum Gasteiger partial charge on any atom is -0.314 e. The van der Waals surface area contributed by atoms with Crippen LogP contribution in [0.5, 0.6) is 0 Å².